The van der Waals surface area contributed by atoms with Crippen LogP contribution < -0.4 is 10.6 Å². The minimum absolute atomic E-state index is 0.0153. The van der Waals surface area contributed by atoms with E-state index in [9.17, 15) is 14.4 Å². The van der Waals surface area contributed by atoms with E-state index in [4.69, 9.17) is 5.11 Å². The largest absolute Gasteiger partial charge is 0.476 e. The molecule has 0 saturated heterocycles. The number of hydrogen-bond acceptors (Lipinski definition) is 5. The molecule has 0 aliphatic heterocycles. The highest BCUT2D eigenvalue weighted by molar-refractivity contribution is 7.13. The molecule has 1 heterocycles. The number of aromatic carboxylic acids is 1. The highest BCUT2D eigenvalue weighted by Crippen LogP contribution is 2.24. The quantitative estimate of drug-likeness (QED) is 0.667. The van der Waals surface area contributed by atoms with E-state index in [2.05, 4.69) is 15.6 Å². The number of nitrogens with zero attached hydrogens (tertiary/aromatic N) is 1. The smallest absolute Gasteiger partial charge is 0.355 e. The van der Waals surface area contributed by atoms with E-state index in [0.717, 1.165) is 17.5 Å². The van der Waals surface area contributed by atoms with Crippen LogP contribution in [-0.2, 0) is 16.1 Å². The lowest BCUT2D eigenvalue weighted by molar-refractivity contribution is -0.126. The predicted octanol–water partition coefficient (Wildman–Crippen LogP) is 2.04. The molecule has 1 aromatic carbocycles. The van der Waals surface area contributed by atoms with Crippen molar-refractivity contribution >= 4 is 29.1 Å². The van der Waals surface area contributed by atoms with Crippen molar-refractivity contribution in [3.05, 3.63) is 40.9 Å². The fourth-order valence-corrected chi connectivity index (χ4v) is 2.87. The summed E-state index contributed by atoms with van der Waals surface area (Å²) in [5, 5.41) is 16.3. The minimum atomic E-state index is -1.06. The molecule has 8 heteroatoms. The molecular weight excluding hydrogens is 342 g/mol. The number of nitrogens with one attached hydrogen (secondary N) is 2. The Morgan fingerprint density at radius 1 is 1.20 bits per heavy atom. The second kappa shape index (κ2) is 8.93. The fraction of sp³-hybridized carbons (Fsp3) is 0.294. The molecule has 0 fully saturated rings. The number of carbonyl (C=O) groups is 3. The van der Waals surface area contributed by atoms with Crippen LogP contribution in [0.1, 0.15) is 35.8 Å². The Labute approximate surface area is 149 Å². The molecule has 25 heavy (non-hydrogen) atoms. The van der Waals surface area contributed by atoms with Crippen molar-refractivity contribution in [2.45, 2.75) is 26.3 Å². The molecule has 132 valence electrons. The molecule has 2 amide bonds. The summed E-state index contributed by atoms with van der Waals surface area (Å²) in [5.74, 6) is -1.47. The standard InChI is InChI=1S/C17H19N3O4S/c1-2-4-14(21)19-9-15(22)18-8-11-5-3-6-12(7-11)16-20-13(10-25-16)17(23)24/h3,5-7,10H,2,4,8-9H2,1H3,(H,18,22)(H,19,21)(H,23,24). The van der Waals surface area contributed by atoms with Crippen molar-refractivity contribution in [2.75, 3.05) is 6.54 Å². The van der Waals surface area contributed by atoms with Crippen molar-refractivity contribution in [1.29, 1.82) is 0 Å². The Kier molecular flexibility index (Phi) is 6.64. The zero-order valence-corrected chi connectivity index (χ0v) is 14.6. The Balaban J connectivity index is 1.91. The SMILES string of the molecule is CCCC(=O)NCC(=O)NCc1cccc(-c2nc(C(=O)O)cs2)c1. The number of thiazole rings is 1. The molecule has 0 aliphatic carbocycles. The summed E-state index contributed by atoms with van der Waals surface area (Å²) in [6.45, 7) is 2.16. The van der Waals surface area contributed by atoms with Gasteiger partial charge in [0.05, 0.1) is 6.54 Å². The van der Waals surface area contributed by atoms with Crippen molar-refractivity contribution in [2.24, 2.45) is 0 Å². The first-order valence-corrected chi connectivity index (χ1v) is 8.69. The normalized spacial score (nSPS) is 10.3. The van der Waals surface area contributed by atoms with Gasteiger partial charge in [0.15, 0.2) is 5.69 Å². The van der Waals surface area contributed by atoms with Crippen LogP contribution >= 0.6 is 11.3 Å². The molecular formula is C17H19N3O4S. The number of aromatic nitrogens is 1. The maximum absolute atomic E-state index is 11.8. The summed E-state index contributed by atoms with van der Waals surface area (Å²) in [4.78, 5) is 38.1. The predicted molar refractivity (Wildman–Crippen MR) is 94.3 cm³/mol. The number of carboxylic acids is 1. The van der Waals surface area contributed by atoms with Crippen LogP contribution in [0.2, 0.25) is 0 Å². The van der Waals surface area contributed by atoms with Crippen LogP contribution in [0.5, 0.6) is 0 Å². The second-order valence-electron chi connectivity index (χ2n) is 5.35. The minimum Gasteiger partial charge on any atom is -0.476 e. The van der Waals surface area contributed by atoms with E-state index in [1.54, 1.807) is 0 Å². The molecule has 0 saturated carbocycles. The Bertz CT molecular complexity index is 773. The van der Waals surface area contributed by atoms with Gasteiger partial charge in [-0.3, -0.25) is 9.59 Å². The highest BCUT2D eigenvalue weighted by Gasteiger charge is 2.11. The first-order valence-electron chi connectivity index (χ1n) is 7.81. The van der Waals surface area contributed by atoms with Crippen LogP contribution in [0.3, 0.4) is 0 Å². The van der Waals surface area contributed by atoms with Gasteiger partial charge in [0.2, 0.25) is 11.8 Å². The van der Waals surface area contributed by atoms with Gasteiger partial charge in [0.1, 0.15) is 5.01 Å². The van der Waals surface area contributed by atoms with Crippen molar-refractivity contribution in [3.8, 4) is 10.6 Å². The number of carboxylic acid groups (broad SMARTS) is 1. The number of rotatable bonds is 8. The molecule has 0 bridgehead atoms. The average molecular weight is 361 g/mol. The zero-order valence-electron chi connectivity index (χ0n) is 13.7. The van der Waals surface area contributed by atoms with Crippen molar-refractivity contribution in [1.82, 2.24) is 15.6 Å². The van der Waals surface area contributed by atoms with Crippen molar-refractivity contribution < 1.29 is 19.5 Å². The van der Waals surface area contributed by atoms with Gasteiger partial charge in [-0.05, 0) is 18.1 Å². The fourth-order valence-electron chi connectivity index (χ4n) is 2.08. The monoisotopic (exact) mass is 361 g/mol. The lowest BCUT2D eigenvalue weighted by Crippen LogP contribution is -2.36. The van der Waals surface area contributed by atoms with Gasteiger partial charge in [0.25, 0.3) is 0 Å². The summed E-state index contributed by atoms with van der Waals surface area (Å²) in [6, 6.07) is 7.36. The van der Waals surface area contributed by atoms with Gasteiger partial charge < -0.3 is 15.7 Å². The second-order valence-corrected chi connectivity index (χ2v) is 6.20. The summed E-state index contributed by atoms with van der Waals surface area (Å²) in [5.41, 5.74) is 1.67. The third-order valence-corrected chi connectivity index (χ3v) is 4.20. The van der Waals surface area contributed by atoms with E-state index >= 15 is 0 Å². The third kappa shape index (κ3) is 5.68. The Morgan fingerprint density at radius 2 is 2.00 bits per heavy atom. The number of hydrogen-bond donors (Lipinski definition) is 3. The zero-order chi connectivity index (χ0) is 18.2. The van der Waals surface area contributed by atoms with Gasteiger partial charge in [0, 0.05) is 23.9 Å². The third-order valence-electron chi connectivity index (χ3n) is 3.31. The van der Waals surface area contributed by atoms with Gasteiger partial charge in [-0.1, -0.05) is 25.1 Å². The Morgan fingerprint density at radius 3 is 2.68 bits per heavy atom. The molecule has 0 radical (unpaired) electrons. The summed E-state index contributed by atoms with van der Waals surface area (Å²) >= 11 is 1.25. The first kappa shape index (κ1) is 18.6. The molecule has 0 spiro atoms. The molecule has 0 atom stereocenters. The van der Waals surface area contributed by atoms with Gasteiger partial charge in [-0.25, -0.2) is 9.78 Å². The molecule has 0 aliphatic rings. The number of carbonyl (C=O) groups excluding carboxylic acids is 2. The van der Waals surface area contributed by atoms with Crippen LogP contribution in [0.4, 0.5) is 0 Å². The highest BCUT2D eigenvalue weighted by atomic mass is 32.1. The lowest BCUT2D eigenvalue weighted by atomic mass is 10.1. The molecule has 0 unspecified atom stereocenters. The summed E-state index contributed by atoms with van der Waals surface area (Å²) in [7, 11) is 0. The first-order chi connectivity index (χ1) is 12.0. The molecule has 7 nitrogen and oxygen atoms in total. The maximum atomic E-state index is 11.8. The van der Waals surface area contributed by atoms with E-state index in [1.165, 1.54) is 16.7 Å². The summed E-state index contributed by atoms with van der Waals surface area (Å²) in [6.07, 6.45) is 1.14. The lowest BCUT2D eigenvalue weighted by Gasteiger charge is -2.07. The van der Waals surface area contributed by atoms with Crippen molar-refractivity contribution in [3.63, 3.8) is 0 Å². The molecule has 2 rings (SSSR count). The van der Waals surface area contributed by atoms with E-state index in [1.807, 2.05) is 31.2 Å². The summed E-state index contributed by atoms with van der Waals surface area (Å²) < 4.78 is 0. The Hall–Kier alpha value is -2.74. The van der Waals surface area contributed by atoms with Crippen LogP contribution in [0.25, 0.3) is 10.6 Å². The van der Waals surface area contributed by atoms with Gasteiger partial charge in [-0.2, -0.15) is 0 Å². The van der Waals surface area contributed by atoms with E-state index < -0.39 is 5.97 Å². The van der Waals surface area contributed by atoms with E-state index in [-0.39, 0.29) is 24.1 Å². The molecule has 2 aromatic rings. The number of benzene rings is 1. The van der Waals surface area contributed by atoms with Crippen LogP contribution in [0.15, 0.2) is 29.6 Å². The average Bonchev–Trinajstić information content (AvgIpc) is 3.09. The van der Waals surface area contributed by atoms with Gasteiger partial charge in [-0.15, -0.1) is 11.3 Å². The van der Waals surface area contributed by atoms with Crippen LogP contribution in [-0.4, -0.2) is 34.4 Å². The number of amides is 2. The molecule has 3 N–H and O–H groups in total. The van der Waals surface area contributed by atoms with Crippen LogP contribution in [0, 0.1) is 0 Å². The topological polar surface area (TPSA) is 108 Å². The maximum Gasteiger partial charge on any atom is 0.355 e. The molecule has 1 aromatic heterocycles. The van der Waals surface area contributed by atoms with E-state index in [0.29, 0.717) is 18.0 Å². The van der Waals surface area contributed by atoms with Gasteiger partial charge >= 0.3 is 5.97 Å².